The Balaban J connectivity index is 1.38. The van der Waals surface area contributed by atoms with E-state index in [9.17, 15) is 27.6 Å². The highest BCUT2D eigenvalue weighted by Gasteiger charge is 2.36. The number of alkyl halides is 3. The van der Waals surface area contributed by atoms with Gasteiger partial charge in [0.1, 0.15) is 0 Å². The summed E-state index contributed by atoms with van der Waals surface area (Å²) >= 11 is 0. The average Bonchev–Trinajstić information content (AvgIpc) is 3.85. The van der Waals surface area contributed by atoms with Crippen molar-refractivity contribution < 1.29 is 27.6 Å². The molecule has 3 aliphatic heterocycles. The van der Waals surface area contributed by atoms with E-state index in [-0.39, 0.29) is 28.8 Å². The molecule has 4 aromatic carbocycles. The van der Waals surface area contributed by atoms with Gasteiger partial charge in [-0.1, -0.05) is 57.2 Å². The smallest absolute Gasteiger partial charge is 0.312 e. The zero-order valence-corrected chi connectivity index (χ0v) is 29.1. The first-order chi connectivity index (χ1) is 24.3. The molecule has 3 amide bonds. The molecule has 3 aliphatic rings. The van der Waals surface area contributed by atoms with E-state index in [1.807, 2.05) is 48.5 Å². The summed E-state index contributed by atoms with van der Waals surface area (Å²) in [4.78, 5) is 46.1. The maximum Gasteiger partial charge on any atom is 0.418 e. The van der Waals surface area contributed by atoms with Crippen LogP contribution in [0.1, 0.15) is 70.4 Å². The second kappa shape index (κ2) is 13.2. The minimum Gasteiger partial charge on any atom is -0.312 e. The molecule has 51 heavy (non-hydrogen) atoms. The van der Waals surface area contributed by atoms with Crippen LogP contribution in [0.15, 0.2) is 84.9 Å². The molecule has 0 unspecified atom stereocenters. The molecule has 0 aromatic heterocycles. The van der Waals surface area contributed by atoms with Crippen molar-refractivity contribution in [2.75, 3.05) is 39.2 Å². The van der Waals surface area contributed by atoms with Crippen LogP contribution in [0.3, 0.4) is 0 Å². The van der Waals surface area contributed by atoms with Gasteiger partial charge in [0.05, 0.1) is 28.3 Å². The Morgan fingerprint density at radius 3 is 1.53 bits per heavy atom. The summed E-state index contributed by atoms with van der Waals surface area (Å²) in [5.41, 5.74) is 4.59. The Morgan fingerprint density at radius 1 is 0.588 bits per heavy atom. The lowest BCUT2D eigenvalue weighted by Crippen LogP contribution is -2.31. The molecule has 4 aromatic rings. The predicted molar refractivity (Wildman–Crippen MR) is 195 cm³/mol. The lowest BCUT2D eigenvalue weighted by Gasteiger charge is -2.30. The number of benzene rings is 4. The average molecular weight is 695 g/mol. The maximum atomic E-state index is 14.4. The van der Waals surface area contributed by atoms with E-state index >= 15 is 0 Å². The molecule has 0 aliphatic carbocycles. The van der Waals surface area contributed by atoms with Gasteiger partial charge in [0.2, 0.25) is 17.7 Å². The van der Waals surface area contributed by atoms with Gasteiger partial charge >= 0.3 is 6.18 Å². The first-order valence-electron chi connectivity index (χ1n) is 17.6. The molecule has 0 atom stereocenters. The summed E-state index contributed by atoms with van der Waals surface area (Å²) in [5, 5.41) is 0. The van der Waals surface area contributed by atoms with Gasteiger partial charge in [0.25, 0.3) is 0 Å². The number of rotatable bonds is 7. The van der Waals surface area contributed by atoms with E-state index < -0.39 is 11.7 Å². The van der Waals surface area contributed by atoms with Gasteiger partial charge in [-0.05, 0) is 84.3 Å². The molecule has 7 rings (SSSR count). The highest BCUT2D eigenvalue weighted by Crippen LogP contribution is 2.47. The van der Waals surface area contributed by atoms with Gasteiger partial charge in [-0.25, -0.2) is 0 Å². The number of hydrogen-bond donors (Lipinski definition) is 0. The molecular formula is C41H41F3N4O3. The van der Waals surface area contributed by atoms with Crippen LogP contribution >= 0.6 is 0 Å². The first kappa shape index (κ1) is 34.3. The van der Waals surface area contributed by atoms with Crippen molar-refractivity contribution in [1.82, 2.24) is 0 Å². The van der Waals surface area contributed by atoms with Crippen molar-refractivity contribution in [1.29, 1.82) is 0 Å². The van der Waals surface area contributed by atoms with Crippen LogP contribution in [0.5, 0.6) is 0 Å². The van der Waals surface area contributed by atoms with Gasteiger partial charge < -0.3 is 19.6 Å². The molecular weight excluding hydrogens is 653 g/mol. The number of halogens is 3. The van der Waals surface area contributed by atoms with Crippen LogP contribution in [0, 0.1) is 0 Å². The van der Waals surface area contributed by atoms with E-state index in [1.54, 1.807) is 37.8 Å². The molecule has 0 spiro atoms. The second-order valence-corrected chi connectivity index (χ2v) is 14.5. The highest BCUT2D eigenvalue weighted by atomic mass is 19.4. The molecule has 7 nitrogen and oxygen atoms in total. The monoisotopic (exact) mass is 694 g/mol. The van der Waals surface area contributed by atoms with Crippen LogP contribution in [0.2, 0.25) is 0 Å². The summed E-state index contributed by atoms with van der Waals surface area (Å²) in [5.74, 6) is -0.0655. The number of anilines is 6. The quantitative estimate of drug-likeness (QED) is 0.193. The van der Waals surface area contributed by atoms with Crippen LogP contribution in [-0.2, 0) is 26.0 Å². The summed E-state index contributed by atoms with van der Waals surface area (Å²) < 4.78 is 43.3. The van der Waals surface area contributed by atoms with E-state index in [2.05, 4.69) is 20.8 Å². The standard InChI is InChI=1S/C41H41F3N4O3/c1-40(2,3)28-16-20-30(21-17-28)48(33-10-5-4-9-32(33)41(42,43)44)29-18-14-27(15-19-29)31-25-35(46-23-7-12-38(46)50)36(47-24-8-13-39(47)51)26-34(31)45-22-6-11-37(45)49/h4-5,9-10,14-21,25-26H,6-8,11-13,22-24H2,1-3H3. The first-order valence-corrected chi connectivity index (χ1v) is 17.6. The summed E-state index contributed by atoms with van der Waals surface area (Å²) in [7, 11) is 0. The van der Waals surface area contributed by atoms with Crippen molar-refractivity contribution in [3.63, 3.8) is 0 Å². The summed E-state index contributed by atoms with van der Waals surface area (Å²) in [6.07, 6.45) is -1.24. The van der Waals surface area contributed by atoms with Crippen LogP contribution in [-0.4, -0.2) is 37.4 Å². The highest BCUT2D eigenvalue weighted by molar-refractivity contribution is 6.08. The Hall–Kier alpha value is -5.12. The van der Waals surface area contributed by atoms with Crippen molar-refractivity contribution in [3.05, 3.63) is 96.1 Å². The third-order valence-corrected chi connectivity index (χ3v) is 10.1. The molecule has 0 N–H and O–H groups in total. The zero-order valence-electron chi connectivity index (χ0n) is 29.1. The van der Waals surface area contributed by atoms with Gasteiger partial charge in [0, 0.05) is 55.8 Å². The molecule has 3 fully saturated rings. The minimum atomic E-state index is -4.58. The summed E-state index contributed by atoms with van der Waals surface area (Å²) in [6.45, 7) is 7.83. The minimum absolute atomic E-state index is 0.000855. The fourth-order valence-corrected chi connectivity index (χ4v) is 7.40. The van der Waals surface area contributed by atoms with Crippen LogP contribution < -0.4 is 19.6 Å². The lowest BCUT2D eigenvalue weighted by atomic mass is 9.87. The molecule has 0 bridgehead atoms. The number of carbonyl (C=O) groups excluding carboxylic acids is 3. The van der Waals surface area contributed by atoms with Gasteiger partial charge in [-0.2, -0.15) is 13.2 Å². The molecule has 0 saturated carbocycles. The topological polar surface area (TPSA) is 64.2 Å². The number of para-hydroxylation sites is 1. The van der Waals surface area contributed by atoms with Gasteiger partial charge in [0.15, 0.2) is 0 Å². The van der Waals surface area contributed by atoms with Crippen LogP contribution in [0.4, 0.5) is 47.3 Å². The fourth-order valence-electron chi connectivity index (χ4n) is 7.40. The summed E-state index contributed by atoms with van der Waals surface area (Å²) in [6, 6.07) is 24.2. The Morgan fingerprint density at radius 2 is 1.06 bits per heavy atom. The molecule has 264 valence electrons. The second-order valence-electron chi connectivity index (χ2n) is 14.5. The van der Waals surface area contributed by atoms with Gasteiger partial charge in [-0.15, -0.1) is 0 Å². The number of nitrogens with zero attached hydrogens (tertiary/aromatic N) is 4. The maximum absolute atomic E-state index is 14.4. The fraction of sp³-hybridized carbons (Fsp3) is 0.341. The van der Waals surface area contributed by atoms with E-state index in [4.69, 9.17) is 0 Å². The number of carbonyl (C=O) groups is 3. The molecule has 0 radical (unpaired) electrons. The molecule has 10 heteroatoms. The lowest BCUT2D eigenvalue weighted by molar-refractivity contribution is -0.137. The Labute approximate surface area is 296 Å². The number of amides is 3. The van der Waals surface area contributed by atoms with Crippen LogP contribution in [0.25, 0.3) is 11.1 Å². The Bertz CT molecular complexity index is 1980. The normalized spacial score (nSPS) is 16.9. The van der Waals surface area contributed by atoms with E-state index in [0.717, 1.165) is 17.2 Å². The Kier molecular flexibility index (Phi) is 8.89. The van der Waals surface area contributed by atoms with Crippen molar-refractivity contribution in [3.8, 4) is 11.1 Å². The SMILES string of the molecule is CC(C)(C)c1ccc(N(c2ccc(-c3cc(N4CCCC4=O)c(N4CCCC4=O)cc3N3CCCC3=O)cc2)c2ccccc2C(F)(F)F)cc1. The van der Waals surface area contributed by atoms with Crippen molar-refractivity contribution in [2.45, 2.75) is 70.9 Å². The van der Waals surface area contributed by atoms with E-state index in [0.29, 0.717) is 92.2 Å². The van der Waals surface area contributed by atoms with Gasteiger partial charge in [-0.3, -0.25) is 14.4 Å². The number of hydrogen-bond acceptors (Lipinski definition) is 4. The predicted octanol–water partition coefficient (Wildman–Crippen LogP) is 9.52. The zero-order chi connectivity index (χ0) is 36.1. The molecule has 3 saturated heterocycles. The third kappa shape index (κ3) is 6.59. The van der Waals surface area contributed by atoms with Crippen molar-refractivity contribution in [2.24, 2.45) is 0 Å². The third-order valence-electron chi connectivity index (χ3n) is 10.1. The van der Waals surface area contributed by atoms with E-state index in [1.165, 1.54) is 12.1 Å². The largest absolute Gasteiger partial charge is 0.418 e. The van der Waals surface area contributed by atoms with Crippen molar-refractivity contribution >= 4 is 51.8 Å². The molecule has 3 heterocycles.